The van der Waals surface area contributed by atoms with Crippen LogP contribution in [0.5, 0.6) is 0 Å². The molecular formula is C10H17N. The molecule has 0 radical (unpaired) electrons. The van der Waals surface area contributed by atoms with E-state index in [9.17, 15) is 0 Å². The molecule has 1 nitrogen and oxygen atoms in total. The van der Waals surface area contributed by atoms with Gasteiger partial charge in [0, 0.05) is 0 Å². The van der Waals surface area contributed by atoms with Crippen molar-refractivity contribution < 1.29 is 0 Å². The highest BCUT2D eigenvalue weighted by molar-refractivity contribution is 5.09. The Balaban J connectivity index is 1.84. The summed E-state index contributed by atoms with van der Waals surface area (Å²) < 4.78 is 0. The topological polar surface area (TPSA) is 26.0 Å². The summed E-state index contributed by atoms with van der Waals surface area (Å²) in [5.74, 6) is 2.84. The van der Waals surface area contributed by atoms with Gasteiger partial charge in [-0.15, -0.1) is 0 Å². The van der Waals surface area contributed by atoms with Crippen LogP contribution >= 0.6 is 0 Å². The lowest BCUT2D eigenvalue weighted by Crippen LogP contribution is -2.09. The molecule has 2 aliphatic carbocycles. The molecule has 0 aromatic carbocycles. The fourth-order valence-electron chi connectivity index (χ4n) is 2.61. The molecule has 0 heterocycles. The Hall–Kier alpha value is -0.300. The Labute approximate surface area is 68.7 Å². The minimum absolute atomic E-state index is 0.873. The number of hydrogen-bond acceptors (Lipinski definition) is 1. The first kappa shape index (κ1) is 7.35. The van der Waals surface area contributed by atoms with Crippen LogP contribution in [0.15, 0.2) is 12.2 Å². The summed E-state index contributed by atoms with van der Waals surface area (Å²) in [6.45, 7) is 0.873. The largest absolute Gasteiger partial charge is 0.330 e. The van der Waals surface area contributed by atoms with E-state index in [1.807, 2.05) is 0 Å². The number of nitrogens with two attached hydrogens (primary N) is 1. The fourth-order valence-corrected chi connectivity index (χ4v) is 2.61. The molecule has 0 aromatic heterocycles. The molecule has 2 bridgehead atoms. The zero-order valence-corrected chi connectivity index (χ0v) is 7.00. The van der Waals surface area contributed by atoms with Crippen molar-refractivity contribution in [2.24, 2.45) is 23.5 Å². The van der Waals surface area contributed by atoms with Crippen LogP contribution in [0.1, 0.15) is 25.7 Å². The average Bonchev–Trinajstić information content (AvgIpc) is 2.60. The average molecular weight is 151 g/mol. The van der Waals surface area contributed by atoms with Crippen LogP contribution in [0.25, 0.3) is 0 Å². The predicted molar refractivity (Wildman–Crippen MR) is 47.1 cm³/mol. The number of hydrogen-bond donors (Lipinski definition) is 1. The molecule has 11 heavy (non-hydrogen) atoms. The van der Waals surface area contributed by atoms with Gasteiger partial charge in [-0.3, -0.25) is 0 Å². The highest BCUT2D eigenvalue weighted by atomic mass is 14.5. The van der Waals surface area contributed by atoms with Gasteiger partial charge in [0.25, 0.3) is 0 Å². The summed E-state index contributed by atoms with van der Waals surface area (Å²) in [6.07, 6.45) is 10.3. The number of fused-ring (bicyclic) bond motifs is 2. The summed E-state index contributed by atoms with van der Waals surface area (Å²) in [7, 11) is 0. The highest BCUT2D eigenvalue weighted by Gasteiger charge is 2.34. The maximum atomic E-state index is 5.49. The van der Waals surface area contributed by atoms with E-state index in [1.165, 1.54) is 25.7 Å². The SMILES string of the molecule is NCCCC1CC2C=CC1C2. The molecule has 0 aliphatic heterocycles. The van der Waals surface area contributed by atoms with E-state index in [0.717, 1.165) is 24.3 Å². The van der Waals surface area contributed by atoms with Crippen molar-refractivity contribution >= 4 is 0 Å². The molecule has 0 amide bonds. The van der Waals surface area contributed by atoms with Gasteiger partial charge < -0.3 is 5.73 Å². The standard InChI is InChI=1S/C10H17N/c11-5-1-2-9-6-8-3-4-10(9)7-8/h3-4,8-10H,1-2,5-7,11H2. The van der Waals surface area contributed by atoms with Crippen molar-refractivity contribution in [3.8, 4) is 0 Å². The number of rotatable bonds is 3. The maximum absolute atomic E-state index is 5.49. The van der Waals surface area contributed by atoms with Crippen LogP contribution < -0.4 is 5.73 Å². The van der Waals surface area contributed by atoms with Crippen LogP contribution in [0.3, 0.4) is 0 Å². The van der Waals surface area contributed by atoms with Crippen LogP contribution in [0, 0.1) is 17.8 Å². The fraction of sp³-hybridized carbons (Fsp3) is 0.800. The predicted octanol–water partition coefficient (Wildman–Crippen LogP) is 1.94. The molecular weight excluding hydrogens is 134 g/mol. The molecule has 1 saturated carbocycles. The smallest absolute Gasteiger partial charge is 0.00772 e. The van der Waals surface area contributed by atoms with Crippen molar-refractivity contribution in [2.75, 3.05) is 6.54 Å². The first-order valence-corrected chi connectivity index (χ1v) is 4.78. The molecule has 1 fully saturated rings. The van der Waals surface area contributed by atoms with E-state index in [4.69, 9.17) is 5.73 Å². The summed E-state index contributed by atoms with van der Waals surface area (Å²) in [4.78, 5) is 0. The van der Waals surface area contributed by atoms with E-state index in [0.29, 0.717) is 0 Å². The van der Waals surface area contributed by atoms with Crippen LogP contribution in [-0.2, 0) is 0 Å². The minimum atomic E-state index is 0.873. The third kappa shape index (κ3) is 1.34. The normalized spacial score (nSPS) is 40.3. The summed E-state index contributed by atoms with van der Waals surface area (Å²) in [5.41, 5.74) is 5.49. The van der Waals surface area contributed by atoms with Gasteiger partial charge in [0.15, 0.2) is 0 Å². The maximum Gasteiger partial charge on any atom is -0.00772 e. The monoisotopic (exact) mass is 151 g/mol. The van der Waals surface area contributed by atoms with Gasteiger partial charge in [0.05, 0.1) is 0 Å². The van der Waals surface area contributed by atoms with Gasteiger partial charge in [-0.05, 0) is 50.0 Å². The van der Waals surface area contributed by atoms with Gasteiger partial charge in [0.2, 0.25) is 0 Å². The molecule has 1 heteroatoms. The lowest BCUT2D eigenvalue weighted by Gasteiger charge is -2.16. The molecule has 0 spiro atoms. The van der Waals surface area contributed by atoms with Gasteiger partial charge in [-0.25, -0.2) is 0 Å². The summed E-state index contributed by atoms with van der Waals surface area (Å²) in [6, 6.07) is 0. The van der Waals surface area contributed by atoms with Crippen molar-refractivity contribution in [1.29, 1.82) is 0 Å². The van der Waals surface area contributed by atoms with E-state index in [2.05, 4.69) is 12.2 Å². The van der Waals surface area contributed by atoms with Gasteiger partial charge in [-0.2, -0.15) is 0 Å². The van der Waals surface area contributed by atoms with E-state index in [1.54, 1.807) is 0 Å². The van der Waals surface area contributed by atoms with E-state index in [-0.39, 0.29) is 0 Å². The van der Waals surface area contributed by atoms with Crippen molar-refractivity contribution in [3.63, 3.8) is 0 Å². The highest BCUT2D eigenvalue weighted by Crippen LogP contribution is 2.45. The quantitative estimate of drug-likeness (QED) is 0.613. The van der Waals surface area contributed by atoms with Crippen molar-refractivity contribution in [3.05, 3.63) is 12.2 Å². The Kier molecular flexibility index (Phi) is 1.99. The summed E-state index contributed by atoms with van der Waals surface area (Å²) >= 11 is 0. The lowest BCUT2D eigenvalue weighted by molar-refractivity contribution is 0.407. The van der Waals surface area contributed by atoms with Crippen LogP contribution in [0.2, 0.25) is 0 Å². The second kappa shape index (κ2) is 2.98. The Bertz CT molecular complexity index is 162. The van der Waals surface area contributed by atoms with Crippen molar-refractivity contribution in [2.45, 2.75) is 25.7 Å². The molecule has 3 unspecified atom stereocenters. The zero-order valence-electron chi connectivity index (χ0n) is 7.00. The molecule has 2 aliphatic rings. The second-order valence-electron chi connectivity index (χ2n) is 3.97. The molecule has 3 atom stereocenters. The second-order valence-corrected chi connectivity index (χ2v) is 3.97. The van der Waals surface area contributed by atoms with Crippen molar-refractivity contribution in [1.82, 2.24) is 0 Å². The Morgan fingerprint density at radius 2 is 2.18 bits per heavy atom. The molecule has 2 rings (SSSR count). The first-order chi connectivity index (χ1) is 5.40. The van der Waals surface area contributed by atoms with Crippen LogP contribution in [-0.4, -0.2) is 6.54 Å². The first-order valence-electron chi connectivity index (χ1n) is 4.78. The van der Waals surface area contributed by atoms with Gasteiger partial charge >= 0.3 is 0 Å². The minimum Gasteiger partial charge on any atom is -0.330 e. The summed E-state index contributed by atoms with van der Waals surface area (Å²) in [5, 5.41) is 0. The molecule has 0 saturated heterocycles. The molecule has 62 valence electrons. The lowest BCUT2D eigenvalue weighted by atomic mass is 9.89. The third-order valence-corrected chi connectivity index (χ3v) is 3.20. The third-order valence-electron chi connectivity index (χ3n) is 3.20. The van der Waals surface area contributed by atoms with E-state index >= 15 is 0 Å². The van der Waals surface area contributed by atoms with Gasteiger partial charge in [0.1, 0.15) is 0 Å². The zero-order chi connectivity index (χ0) is 7.68. The number of allylic oxidation sites excluding steroid dienone is 2. The van der Waals surface area contributed by atoms with Crippen LogP contribution in [0.4, 0.5) is 0 Å². The Morgan fingerprint density at radius 1 is 1.27 bits per heavy atom. The Morgan fingerprint density at radius 3 is 2.73 bits per heavy atom. The van der Waals surface area contributed by atoms with Gasteiger partial charge in [-0.1, -0.05) is 12.2 Å². The molecule has 0 aromatic rings. The molecule has 2 N–H and O–H groups in total. The van der Waals surface area contributed by atoms with E-state index < -0.39 is 0 Å².